The number of fused-ring (bicyclic) bond motifs is 1. The molecule has 0 unspecified atom stereocenters. The molecule has 4 heteroatoms. The number of aromatic nitrogens is 2. The molecule has 1 aromatic heterocycles. The Hall–Kier alpha value is -1.84. The summed E-state index contributed by atoms with van der Waals surface area (Å²) in [5.74, 6) is 0.346. The van der Waals surface area contributed by atoms with Crippen LogP contribution >= 0.6 is 0 Å². The number of anilines is 1. The van der Waals surface area contributed by atoms with Gasteiger partial charge in [0.25, 0.3) is 0 Å². The summed E-state index contributed by atoms with van der Waals surface area (Å²) in [4.78, 5) is 11.6. The molecule has 0 radical (unpaired) electrons. The maximum atomic E-state index is 11.6. The minimum atomic E-state index is -0.0724. The molecule has 2 N–H and O–H groups in total. The van der Waals surface area contributed by atoms with Crippen molar-refractivity contribution in [1.29, 1.82) is 0 Å². The van der Waals surface area contributed by atoms with Gasteiger partial charge in [-0.25, -0.2) is 0 Å². The first kappa shape index (κ1) is 7.79. The largest absolute Gasteiger partial charge is 0.368 e. The fraction of sp³-hybridized carbons (Fsp3) is 0.111. The Labute approximate surface area is 74.6 Å². The third-order valence-electron chi connectivity index (χ3n) is 1.91. The van der Waals surface area contributed by atoms with Crippen LogP contribution in [0.25, 0.3) is 10.9 Å². The van der Waals surface area contributed by atoms with Crippen LogP contribution in [0.15, 0.2) is 29.1 Å². The molecule has 13 heavy (non-hydrogen) atoms. The van der Waals surface area contributed by atoms with Crippen LogP contribution in [0.3, 0.4) is 0 Å². The molecular weight excluding hydrogens is 166 g/mol. The Kier molecular flexibility index (Phi) is 1.73. The highest BCUT2D eigenvalue weighted by Gasteiger charge is 2.02. The second-order valence-corrected chi connectivity index (χ2v) is 2.70. The first-order valence-electron chi connectivity index (χ1n) is 3.98. The van der Waals surface area contributed by atoms with Gasteiger partial charge in [0, 0.05) is 7.05 Å². The number of aromatic amines is 1. The molecular formula is C9H9N3O. The van der Waals surface area contributed by atoms with Crippen LogP contribution in [-0.4, -0.2) is 17.2 Å². The predicted molar refractivity (Wildman–Crippen MR) is 51.9 cm³/mol. The van der Waals surface area contributed by atoms with Crippen LogP contribution in [0.5, 0.6) is 0 Å². The minimum absolute atomic E-state index is 0.0724. The van der Waals surface area contributed by atoms with Gasteiger partial charge < -0.3 is 5.32 Å². The topological polar surface area (TPSA) is 57.8 Å². The van der Waals surface area contributed by atoms with Crippen molar-refractivity contribution < 1.29 is 0 Å². The van der Waals surface area contributed by atoms with Crippen LogP contribution < -0.4 is 10.7 Å². The third-order valence-corrected chi connectivity index (χ3v) is 1.91. The number of nitrogens with one attached hydrogen (secondary N) is 2. The van der Waals surface area contributed by atoms with Gasteiger partial charge in [0.2, 0.25) is 5.43 Å². The maximum absolute atomic E-state index is 11.6. The molecule has 1 heterocycles. The average molecular weight is 175 g/mol. The summed E-state index contributed by atoms with van der Waals surface area (Å²) in [5.41, 5.74) is 0.684. The standard InChI is InChI=1S/C9H9N3O/c1-10-9-8(13)6-4-2-3-5-7(6)11-12-9/h2-5H,1H3,(H,10,12)(H,11,13). The van der Waals surface area contributed by atoms with Crippen LogP contribution in [0, 0.1) is 0 Å². The van der Waals surface area contributed by atoms with Crippen molar-refractivity contribution in [2.45, 2.75) is 0 Å². The minimum Gasteiger partial charge on any atom is -0.368 e. The number of para-hydroxylation sites is 1. The predicted octanol–water partition coefficient (Wildman–Crippen LogP) is 0.965. The smallest absolute Gasteiger partial charge is 0.231 e. The second-order valence-electron chi connectivity index (χ2n) is 2.70. The van der Waals surface area contributed by atoms with Gasteiger partial charge in [0.05, 0.1) is 10.9 Å². The molecule has 0 bridgehead atoms. The lowest BCUT2D eigenvalue weighted by molar-refractivity contribution is 1.06. The molecule has 4 nitrogen and oxygen atoms in total. The number of rotatable bonds is 1. The first-order chi connectivity index (χ1) is 6.33. The normalized spacial score (nSPS) is 10.2. The van der Waals surface area contributed by atoms with E-state index in [1.165, 1.54) is 0 Å². The fourth-order valence-corrected chi connectivity index (χ4v) is 1.24. The van der Waals surface area contributed by atoms with Crippen molar-refractivity contribution in [1.82, 2.24) is 10.2 Å². The molecule has 2 rings (SSSR count). The van der Waals surface area contributed by atoms with E-state index in [2.05, 4.69) is 15.5 Å². The molecule has 0 fully saturated rings. The number of hydrogen-bond donors (Lipinski definition) is 2. The molecule has 0 aliphatic carbocycles. The van der Waals surface area contributed by atoms with E-state index in [0.29, 0.717) is 11.2 Å². The SMILES string of the molecule is CNc1n[nH]c2ccccc2c1=O. The molecule has 0 aliphatic heterocycles. The molecule has 0 saturated heterocycles. The van der Waals surface area contributed by atoms with E-state index >= 15 is 0 Å². The Morgan fingerprint density at radius 2 is 2.15 bits per heavy atom. The van der Waals surface area contributed by atoms with Gasteiger partial charge in [-0.05, 0) is 12.1 Å². The molecule has 0 atom stereocenters. The summed E-state index contributed by atoms with van der Waals surface area (Å²) in [6, 6.07) is 7.29. The van der Waals surface area contributed by atoms with Gasteiger partial charge in [0.1, 0.15) is 0 Å². The van der Waals surface area contributed by atoms with Crippen LogP contribution in [0.1, 0.15) is 0 Å². The van der Waals surface area contributed by atoms with Gasteiger partial charge in [-0.3, -0.25) is 9.89 Å². The Morgan fingerprint density at radius 1 is 1.38 bits per heavy atom. The third kappa shape index (κ3) is 1.16. The Morgan fingerprint density at radius 3 is 2.92 bits per heavy atom. The highest BCUT2D eigenvalue weighted by molar-refractivity contribution is 5.79. The van der Waals surface area contributed by atoms with Crippen molar-refractivity contribution in [2.75, 3.05) is 12.4 Å². The molecule has 0 spiro atoms. The molecule has 0 aliphatic rings. The summed E-state index contributed by atoms with van der Waals surface area (Å²) >= 11 is 0. The monoisotopic (exact) mass is 175 g/mol. The van der Waals surface area contributed by atoms with E-state index in [9.17, 15) is 4.79 Å². The fourth-order valence-electron chi connectivity index (χ4n) is 1.24. The van der Waals surface area contributed by atoms with Crippen LogP contribution in [0.4, 0.5) is 5.82 Å². The van der Waals surface area contributed by atoms with Gasteiger partial charge in [0.15, 0.2) is 5.82 Å². The van der Waals surface area contributed by atoms with Crippen molar-refractivity contribution in [2.24, 2.45) is 0 Å². The zero-order valence-corrected chi connectivity index (χ0v) is 7.16. The lowest BCUT2D eigenvalue weighted by atomic mass is 10.2. The summed E-state index contributed by atoms with van der Waals surface area (Å²) in [6.45, 7) is 0. The number of H-pyrrole nitrogens is 1. The van der Waals surface area contributed by atoms with E-state index in [4.69, 9.17) is 0 Å². The average Bonchev–Trinajstić information content (AvgIpc) is 2.19. The van der Waals surface area contributed by atoms with Crippen molar-refractivity contribution in [3.05, 3.63) is 34.5 Å². The van der Waals surface area contributed by atoms with Crippen molar-refractivity contribution in [3.8, 4) is 0 Å². The van der Waals surface area contributed by atoms with Crippen molar-refractivity contribution in [3.63, 3.8) is 0 Å². The van der Waals surface area contributed by atoms with Crippen LogP contribution in [0.2, 0.25) is 0 Å². The second kappa shape index (κ2) is 2.90. The zero-order chi connectivity index (χ0) is 9.26. The molecule has 0 saturated carbocycles. The van der Waals surface area contributed by atoms with E-state index in [-0.39, 0.29) is 5.43 Å². The first-order valence-corrected chi connectivity index (χ1v) is 3.98. The Balaban J connectivity index is 2.87. The summed E-state index contributed by atoms with van der Waals surface area (Å²) in [6.07, 6.45) is 0. The number of nitrogens with zero attached hydrogens (tertiary/aromatic N) is 1. The van der Waals surface area contributed by atoms with E-state index in [1.807, 2.05) is 18.2 Å². The van der Waals surface area contributed by atoms with Gasteiger partial charge in [-0.1, -0.05) is 12.1 Å². The number of hydrogen-bond acceptors (Lipinski definition) is 3. The molecule has 2 aromatic rings. The highest BCUT2D eigenvalue weighted by atomic mass is 16.1. The Bertz CT molecular complexity index is 489. The molecule has 1 aromatic carbocycles. The van der Waals surface area contributed by atoms with Gasteiger partial charge in [-0.2, -0.15) is 5.10 Å². The van der Waals surface area contributed by atoms with E-state index in [0.717, 1.165) is 5.52 Å². The van der Waals surface area contributed by atoms with E-state index < -0.39 is 0 Å². The van der Waals surface area contributed by atoms with Gasteiger partial charge >= 0.3 is 0 Å². The van der Waals surface area contributed by atoms with Gasteiger partial charge in [-0.15, -0.1) is 0 Å². The summed E-state index contributed by atoms with van der Waals surface area (Å²) in [7, 11) is 1.67. The van der Waals surface area contributed by atoms with Crippen molar-refractivity contribution >= 4 is 16.7 Å². The summed E-state index contributed by atoms with van der Waals surface area (Å²) < 4.78 is 0. The maximum Gasteiger partial charge on any atom is 0.231 e. The lowest BCUT2D eigenvalue weighted by Crippen LogP contribution is -2.11. The summed E-state index contributed by atoms with van der Waals surface area (Å²) in [5, 5.41) is 10.1. The van der Waals surface area contributed by atoms with E-state index in [1.54, 1.807) is 13.1 Å². The molecule has 0 amide bonds. The lowest BCUT2D eigenvalue weighted by Gasteiger charge is -1.99. The quantitative estimate of drug-likeness (QED) is 0.678. The molecule has 66 valence electrons. The zero-order valence-electron chi connectivity index (χ0n) is 7.16. The highest BCUT2D eigenvalue weighted by Crippen LogP contribution is 2.06. The van der Waals surface area contributed by atoms with Crippen LogP contribution in [-0.2, 0) is 0 Å². The number of benzene rings is 1.